The maximum Gasteiger partial charge on any atom is 0.253 e. The first-order valence-corrected chi connectivity index (χ1v) is 11.0. The van der Waals surface area contributed by atoms with Gasteiger partial charge in [0.15, 0.2) is 0 Å². The van der Waals surface area contributed by atoms with Gasteiger partial charge in [0.05, 0.1) is 0 Å². The van der Waals surface area contributed by atoms with Crippen molar-refractivity contribution < 1.29 is 9.59 Å². The van der Waals surface area contributed by atoms with Crippen molar-refractivity contribution in [2.45, 2.75) is 26.4 Å². The minimum absolute atomic E-state index is 0.0930. The average molecular weight is 417 g/mol. The molecule has 1 fully saturated rings. The van der Waals surface area contributed by atoms with Gasteiger partial charge in [0, 0.05) is 86.9 Å². The molecule has 0 aliphatic carbocycles. The van der Waals surface area contributed by atoms with Crippen molar-refractivity contribution in [3.8, 4) is 0 Å². The summed E-state index contributed by atoms with van der Waals surface area (Å²) in [6.45, 7) is 7.16. The second-order valence-electron chi connectivity index (χ2n) is 8.59. The van der Waals surface area contributed by atoms with Crippen LogP contribution in [0.4, 0.5) is 0 Å². The summed E-state index contributed by atoms with van der Waals surface area (Å²) in [6, 6.07) is 16.4. The molecule has 2 aliphatic rings. The van der Waals surface area contributed by atoms with Crippen LogP contribution in [0.2, 0.25) is 0 Å². The van der Waals surface area contributed by atoms with Gasteiger partial charge in [0.25, 0.3) is 5.91 Å². The van der Waals surface area contributed by atoms with Crippen LogP contribution >= 0.6 is 0 Å². The van der Waals surface area contributed by atoms with Crippen LogP contribution in [-0.4, -0.2) is 64.2 Å². The Labute approximate surface area is 182 Å². The monoisotopic (exact) mass is 416 g/mol. The summed E-state index contributed by atoms with van der Waals surface area (Å²) in [5.74, 6) is 0.191. The van der Waals surface area contributed by atoms with E-state index in [9.17, 15) is 9.59 Å². The van der Waals surface area contributed by atoms with Crippen LogP contribution in [0.1, 0.15) is 34.1 Å². The van der Waals surface area contributed by atoms with E-state index in [2.05, 4.69) is 34.1 Å². The highest BCUT2D eigenvalue weighted by molar-refractivity contribution is 5.99. The van der Waals surface area contributed by atoms with E-state index in [1.807, 2.05) is 34.1 Å². The van der Waals surface area contributed by atoms with E-state index in [-0.39, 0.29) is 11.8 Å². The lowest BCUT2D eigenvalue weighted by molar-refractivity contribution is -0.129. The molecule has 2 aromatic carbocycles. The Balaban J connectivity index is 1.29. The van der Waals surface area contributed by atoms with Gasteiger partial charge in [-0.25, -0.2) is 0 Å². The highest BCUT2D eigenvalue weighted by Gasteiger charge is 2.25. The van der Waals surface area contributed by atoms with Gasteiger partial charge in [0.1, 0.15) is 0 Å². The Bertz CT molecular complexity index is 1110. The van der Waals surface area contributed by atoms with Crippen LogP contribution in [0, 0.1) is 0 Å². The number of aromatic amines is 1. The van der Waals surface area contributed by atoms with Crippen molar-refractivity contribution in [2.24, 2.45) is 0 Å². The number of fused-ring (bicyclic) bond motifs is 3. The van der Waals surface area contributed by atoms with Crippen LogP contribution in [0.5, 0.6) is 0 Å². The number of rotatable bonds is 3. The quantitative estimate of drug-likeness (QED) is 0.714. The zero-order valence-corrected chi connectivity index (χ0v) is 17.9. The van der Waals surface area contributed by atoms with Crippen LogP contribution < -0.4 is 0 Å². The van der Waals surface area contributed by atoms with Gasteiger partial charge in [-0.3, -0.25) is 14.5 Å². The standard InChI is InChI=1S/C25H28N4O2/c1-18(30)29-10-9-24-22(17-29)21-15-20(7-8-23(21)26-24)25(31)28-13-11-27(12-14-28)16-19-5-3-2-4-6-19/h2-8,15,26H,9-14,16-17H2,1H3. The molecule has 0 unspecified atom stereocenters. The zero-order chi connectivity index (χ0) is 21.4. The van der Waals surface area contributed by atoms with Crippen LogP contribution in [0.3, 0.4) is 0 Å². The molecule has 1 saturated heterocycles. The van der Waals surface area contributed by atoms with E-state index in [1.54, 1.807) is 6.92 Å². The minimum atomic E-state index is 0.0930. The maximum atomic E-state index is 13.2. The fraction of sp³-hybridized carbons (Fsp3) is 0.360. The van der Waals surface area contributed by atoms with Gasteiger partial charge in [-0.1, -0.05) is 30.3 Å². The molecule has 6 heteroatoms. The molecule has 31 heavy (non-hydrogen) atoms. The van der Waals surface area contributed by atoms with Gasteiger partial charge >= 0.3 is 0 Å². The van der Waals surface area contributed by atoms with E-state index in [4.69, 9.17) is 0 Å². The molecule has 1 N–H and O–H groups in total. The summed E-state index contributed by atoms with van der Waals surface area (Å²) < 4.78 is 0. The van der Waals surface area contributed by atoms with Crippen LogP contribution in [0.25, 0.3) is 10.9 Å². The lowest BCUT2D eigenvalue weighted by Gasteiger charge is -2.34. The number of benzene rings is 2. The average Bonchev–Trinajstić information content (AvgIpc) is 3.17. The number of hydrogen-bond donors (Lipinski definition) is 1. The van der Waals surface area contributed by atoms with Crippen molar-refractivity contribution in [1.82, 2.24) is 19.7 Å². The molecule has 5 rings (SSSR count). The third kappa shape index (κ3) is 3.95. The molecule has 0 saturated carbocycles. The highest BCUT2D eigenvalue weighted by atomic mass is 16.2. The Hall–Kier alpha value is -3.12. The Morgan fingerprint density at radius 1 is 0.935 bits per heavy atom. The predicted octanol–water partition coefficient (Wildman–Crippen LogP) is 3.03. The van der Waals surface area contributed by atoms with Crippen molar-refractivity contribution in [3.05, 3.63) is 70.9 Å². The summed E-state index contributed by atoms with van der Waals surface area (Å²) in [5.41, 5.74) is 5.42. The summed E-state index contributed by atoms with van der Waals surface area (Å²) in [5, 5.41) is 1.06. The molecular formula is C25H28N4O2. The number of hydrogen-bond acceptors (Lipinski definition) is 3. The second-order valence-corrected chi connectivity index (χ2v) is 8.59. The number of nitrogens with zero attached hydrogens (tertiary/aromatic N) is 3. The molecule has 3 aromatic rings. The predicted molar refractivity (Wildman–Crippen MR) is 121 cm³/mol. The van der Waals surface area contributed by atoms with Crippen molar-refractivity contribution in [3.63, 3.8) is 0 Å². The summed E-state index contributed by atoms with van der Waals surface area (Å²) in [4.78, 5) is 34.8. The molecule has 160 valence electrons. The first-order valence-electron chi connectivity index (χ1n) is 11.0. The molecule has 3 heterocycles. The van der Waals surface area contributed by atoms with Crippen molar-refractivity contribution >= 4 is 22.7 Å². The lowest BCUT2D eigenvalue weighted by Crippen LogP contribution is -2.48. The van der Waals surface area contributed by atoms with E-state index in [0.29, 0.717) is 6.54 Å². The van der Waals surface area contributed by atoms with Gasteiger partial charge in [-0.15, -0.1) is 0 Å². The normalized spacial score (nSPS) is 17.1. The molecule has 2 aliphatic heterocycles. The Morgan fingerprint density at radius 3 is 2.45 bits per heavy atom. The molecule has 6 nitrogen and oxygen atoms in total. The molecule has 2 amide bonds. The molecule has 1 aromatic heterocycles. The van der Waals surface area contributed by atoms with Crippen molar-refractivity contribution in [1.29, 1.82) is 0 Å². The third-order valence-corrected chi connectivity index (χ3v) is 6.58. The van der Waals surface area contributed by atoms with Gasteiger partial charge in [0.2, 0.25) is 5.91 Å². The van der Waals surface area contributed by atoms with E-state index in [1.165, 1.54) is 11.3 Å². The fourth-order valence-corrected chi connectivity index (χ4v) is 4.75. The first kappa shape index (κ1) is 19.8. The lowest BCUT2D eigenvalue weighted by atomic mass is 10.0. The zero-order valence-electron chi connectivity index (χ0n) is 17.9. The van der Waals surface area contributed by atoms with E-state index >= 15 is 0 Å². The number of carbonyl (C=O) groups is 2. The van der Waals surface area contributed by atoms with E-state index < -0.39 is 0 Å². The molecular weight excluding hydrogens is 388 g/mol. The van der Waals surface area contributed by atoms with E-state index in [0.717, 1.165) is 67.7 Å². The topological polar surface area (TPSA) is 59.7 Å². The summed E-state index contributed by atoms with van der Waals surface area (Å²) in [6.07, 6.45) is 0.830. The smallest absolute Gasteiger partial charge is 0.253 e. The number of piperazine rings is 1. The van der Waals surface area contributed by atoms with Gasteiger partial charge in [-0.05, 0) is 23.8 Å². The number of amides is 2. The van der Waals surface area contributed by atoms with Crippen LogP contribution in [0.15, 0.2) is 48.5 Å². The SMILES string of the molecule is CC(=O)N1CCc2[nH]c3ccc(C(=O)N4CCN(Cc5ccccc5)CC4)cc3c2C1. The van der Waals surface area contributed by atoms with Gasteiger partial charge in [-0.2, -0.15) is 0 Å². The summed E-state index contributed by atoms with van der Waals surface area (Å²) in [7, 11) is 0. The maximum absolute atomic E-state index is 13.2. The number of aromatic nitrogens is 1. The molecule has 0 radical (unpaired) electrons. The first-order chi connectivity index (χ1) is 15.1. The third-order valence-electron chi connectivity index (χ3n) is 6.58. The van der Waals surface area contributed by atoms with Gasteiger partial charge < -0.3 is 14.8 Å². The number of H-pyrrole nitrogens is 1. The molecule has 0 spiro atoms. The number of carbonyl (C=O) groups excluding carboxylic acids is 2. The Morgan fingerprint density at radius 2 is 1.71 bits per heavy atom. The fourth-order valence-electron chi connectivity index (χ4n) is 4.75. The second kappa shape index (κ2) is 8.19. The molecule has 0 bridgehead atoms. The summed E-state index contributed by atoms with van der Waals surface area (Å²) >= 11 is 0. The van der Waals surface area contributed by atoms with Crippen LogP contribution in [-0.2, 0) is 24.3 Å². The highest BCUT2D eigenvalue weighted by Crippen LogP contribution is 2.29. The molecule has 0 atom stereocenters. The largest absolute Gasteiger partial charge is 0.358 e. The minimum Gasteiger partial charge on any atom is -0.358 e. The Kier molecular flexibility index (Phi) is 5.24. The number of nitrogens with one attached hydrogen (secondary N) is 1. The van der Waals surface area contributed by atoms with Crippen molar-refractivity contribution in [2.75, 3.05) is 32.7 Å².